The molecule has 0 aromatic heterocycles. The van der Waals surface area contributed by atoms with Gasteiger partial charge in [0.25, 0.3) is 0 Å². The Labute approximate surface area is 129 Å². The largest absolute Gasteiger partial charge is 0.465 e. The minimum atomic E-state index is -0.397. The van der Waals surface area contributed by atoms with Crippen LogP contribution >= 0.6 is 11.6 Å². The number of esters is 1. The zero-order valence-corrected chi connectivity index (χ0v) is 12.7. The third-order valence-corrected chi connectivity index (χ3v) is 3.40. The van der Waals surface area contributed by atoms with Gasteiger partial charge in [-0.15, -0.1) is 0 Å². The van der Waals surface area contributed by atoms with E-state index in [9.17, 15) is 4.79 Å². The molecule has 2 aromatic rings. The fourth-order valence-corrected chi connectivity index (χ4v) is 2.35. The second kappa shape index (κ2) is 6.50. The molecule has 0 saturated carbocycles. The van der Waals surface area contributed by atoms with Gasteiger partial charge in [0.1, 0.15) is 0 Å². The summed E-state index contributed by atoms with van der Waals surface area (Å²) in [7, 11) is 3.28. The van der Waals surface area contributed by atoms with Crippen LogP contribution in [0.15, 0.2) is 42.5 Å². The van der Waals surface area contributed by atoms with Gasteiger partial charge in [-0.25, -0.2) is 4.79 Å². The van der Waals surface area contributed by atoms with Crippen LogP contribution in [0.4, 0.5) is 11.4 Å². The van der Waals surface area contributed by atoms with Gasteiger partial charge in [0.15, 0.2) is 0 Å². The molecule has 0 spiro atoms. The predicted molar refractivity (Wildman–Crippen MR) is 85.8 cm³/mol. The molecule has 5 heteroatoms. The average Bonchev–Trinajstić information content (AvgIpc) is 2.46. The summed E-state index contributed by atoms with van der Waals surface area (Å²) in [6, 6.07) is 12.8. The van der Waals surface area contributed by atoms with Crippen molar-refractivity contribution < 1.29 is 9.53 Å². The van der Waals surface area contributed by atoms with E-state index in [1.807, 2.05) is 42.3 Å². The number of hydrogen-bond acceptors (Lipinski definition) is 4. The Morgan fingerprint density at radius 3 is 2.67 bits per heavy atom. The molecule has 2 aromatic carbocycles. The van der Waals surface area contributed by atoms with Gasteiger partial charge >= 0.3 is 5.97 Å². The van der Waals surface area contributed by atoms with Crippen molar-refractivity contribution in [2.75, 3.05) is 24.8 Å². The Kier molecular flexibility index (Phi) is 4.70. The molecule has 0 bridgehead atoms. The second-order valence-electron chi connectivity index (χ2n) is 4.75. The second-order valence-corrected chi connectivity index (χ2v) is 5.19. The Balaban J connectivity index is 2.19. The molecule has 2 N–H and O–H groups in total. The lowest BCUT2D eigenvalue weighted by Gasteiger charge is -2.21. The first-order valence-corrected chi connectivity index (χ1v) is 6.82. The van der Waals surface area contributed by atoms with E-state index in [1.54, 1.807) is 12.1 Å². The van der Waals surface area contributed by atoms with Crippen molar-refractivity contribution in [2.24, 2.45) is 0 Å². The van der Waals surface area contributed by atoms with E-state index in [2.05, 4.69) is 4.74 Å². The molecule has 0 saturated heterocycles. The van der Waals surface area contributed by atoms with Gasteiger partial charge in [0.2, 0.25) is 0 Å². The van der Waals surface area contributed by atoms with E-state index < -0.39 is 5.97 Å². The van der Waals surface area contributed by atoms with Gasteiger partial charge in [-0.2, -0.15) is 0 Å². The maximum atomic E-state index is 11.5. The molecule has 0 heterocycles. The lowest BCUT2D eigenvalue weighted by molar-refractivity contribution is 0.0601. The monoisotopic (exact) mass is 304 g/mol. The number of benzene rings is 2. The zero-order chi connectivity index (χ0) is 15.4. The molecule has 0 amide bonds. The van der Waals surface area contributed by atoms with E-state index in [0.717, 1.165) is 11.3 Å². The molecule has 4 nitrogen and oxygen atoms in total. The summed E-state index contributed by atoms with van der Waals surface area (Å²) in [5.41, 5.74) is 8.93. The Morgan fingerprint density at radius 2 is 2.05 bits per heavy atom. The van der Waals surface area contributed by atoms with Crippen LogP contribution in [-0.2, 0) is 11.3 Å². The Bertz CT molecular complexity index is 658. The molecular weight excluding hydrogens is 288 g/mol. The molecule has 0 aliphatic carbocycles. The van der Waals surface area contributed by atoms with Crippen molar-refractivity contribution in [1.82, 2.24) is 0 Å². The summed E-state index contributed by atoms with van der Waals surface area (Å²) >= 11 is 5.98. The first kappa shape index (κ1) is 15.2. The number of anilines is 2. The highest BCUT2D eigenvalue weighted by atomic mass is 35.5. The van der Waals surface area contributed by atoms with Crippen molar-refractivity contribution in [1.29, 1.82) is 0 Å². The molecule has 0 unspecified atom stereocenters. The number of nitrogens with two attached hydrogens (primary N) is 1. The number of rotatable bonds is 4. The van der Waals surface area contributed by atoms with Crippen molar-refractivity contribution in [2.45, 2.75) is 6.54 Å². The lowest BCUT2D eigenvalue weighted by atomic mass is 10.1. The normalized spacial score (nSPS) is 10.2. The number of hydrogen-bond donors (Lipinski definition) is 1. The highest BCUT2D eigenvalue weighted by molar-refractivity contribution is 6.30. The first-order valence-electron chi connectivity index (χ1n) is 6.44. The quantitative estimate of drug-likeness (QED) is 0.695. The van der Waals surface area contributed by atoms with Crippen LogP contribution in [0, 0.1) is 0 Å². The smallest absolute Gasteiger partial charge is 0.337 e. The van der Waals surface area contributed by atoms with E-state index in [1.165, 1.54) is 7.11 Å². The SMILES string of the molecule is COC(=O)c1ccc(N(C)Cc2cccc(Cl)c2)c(N)c1. The van der Waals surface area contributed by atoms with Crippen LogP contribution in [0.2, 0.25) is 5.02 Å². The minimum absolute atomic E-state index is 0.397. The third-order valence-electron chi connectivity index (χ3n) is 3.17. The fourth-order valence-electron chi connectivity index (χ4n) is 2.14. The number of nitrogen functional groups attached to an aromatic ring is 1. The first-order chi connectivity index (χ1) is 10.0. The van der Waals surface area contributed by atoms with Crippen LogP contribution < -0.4 is 10.6 Å². The van der Waals surface area contributed by atoms with Gasteiger partial charge in [0, 0.05) is 18.6 Å². The Morgan fingerprint density at radius 1 is 1.29 bits per heavy atom. The molecule has 0 atom stereocenters. The number of nitrogens with zero attached hydrogens (tertiary/aromatic N) is 1. The van der Waals surface area contributed by atoms with Gasteiger partial charge in [-0.3, -0.25) is 0 Å². The molecule has 0 aliphatic rings. The van der Waals surface area contributed by atoms with Gasteiger partial charge in [-0.1, -0.05) is 23.7 Å². The van der Waals surface area contributed by atoms with Gasteiger partial charge < -0.3 is 15.4 Å². The van der Waals surface area contributed by atoms with Crippen LogP contribution in [0.3, 0.4) is 0 Å². The highest BCUT2D eigenvalue weighted by Crippen LogP contribution is 2.25. The summed E-state index contributed by atoms with van der Waals surface area (Å²) in [5.74, 6) is -0.397. The number of ether oxygens (including phenoxy) is 1. The molecule has 0 aliphatic heterocycles. The van der Waals surface area contributed by atoms with E-state index >= 15 is 0 Å². The molecule has 110 valence electrons. The number of halogens is 1. The topological polar surface area (TPSA) is 55.6 Å². The third kappa shape index (κ3) is 3.67. The summed E-state index contributed by atoms with van der Waals surface area (Å²) in [6.07, 6.45) is 0. The highest BCUT2D eigenvalue weighted by Gasteiger charge is 2.11. The van der Waals surface area contributed by atoms with E-state index in [0.29, 0.717) is 22.8 Å². The van der Waals surface area contributed by atoms with Crippen molar-refractivity contribution in [3.63, 3.8) is 0 Å². The van der Waals surface area contributed by atoms with Crippen molar-refractivity contribution >= 4 is 28.9 Å². The lowest BCUT2D eigenvalue weighted by Crippen LogP contribution is -2.18. The summed E-state index contributed by atoms with van der Waals surface area (Å²) in [5, 5.41) is 0.704. The zero-order valence-electron chi connectivity index (χ0n) is 12.0. The van der Waals surface area contributed by atoms with Crippen LogP contribution in [0.5, 0.6) is 0 Å². The summed E-state index contributed by atoms with van der Waals surface area (Å²) in [4.78, 5) is 13.5. The summed E-state index contributed by atoms with van der Waals surface area (Å²) < 4.78 is 4.68. The average molecular weight is 305 g/mol. The number of carbonyl (C=O) groups excluding carboxylic acids is 1. The van der Waals surface area contributed by atoms with E-state index in [4.69, 9.17) is 17.3 Å². The summed E-state index contributed by atoms with van der Waals surface area (Å²) in [6.45, 7) is 0.669. The van der Waals surface area contributed by atoms with Crippen molar-refractivity contribution in [3.05, 3.63) is 58.6 Å². The molecule has 0 radical (unpaired) electrons. The minimum Gasteiger partial charge on any atom is -0.465 e. The molecule has 2 rings (SSSR count). The fraction of sp³-hybridized carbons (Fsp3) is 0.188. The van der Waals surface area contributed by atoms with Crippen molar-refractivity contribution in [3.8, 4) is 0 Å². The number of carbonyl (C=O) groups is 1. The standard InChI is InChI=1S/C16H17ClN2O2/c1-19(10-11-4-3-5-13(17)8-11)15-7-6-12(9-14(15)18)16(20)21-2/h3-9H,10,18H2,1-2H3. The Hall–Kier alpha value is -2.20. The predicted octanol–water partition coefficient (Wildman–Crippen LogP) is 3.35. The molecule has 0 fully saturated rings. The van der Waals surface area contributed by atoms with E-state index in [-0.39, 0.29) is 0 Å². The molecule has 21 heavy (non-hydrogen) atoms. The molecular formula is C16H17ClN2O2. The van der Waals surface area contributed by atoms with Crippen LogP contribution in [0.1, 0.15) is 15.9 Å². The van der Waals surface area contributed by atoms with Crippen LogP contribution in [0.25, 0.3) is 0 Å². The van der Waals surface area contributed by atoms with Gasteiger partial charge in [0.05, 0.1) is 24.0 Å². The van der Waals surface area contributed by atoms with Crippen LogP contribution in [-0.4, -0.2) is 20.1 Å². The number of methoxy groups -OCH3 is 1. The van der Waals surface area contributed by atoms with Gasteiger partial charge in [-0.05, 0) is 35.9 Å². The maximum absolute atomic E-state index is 11.5. The maximum Gasteiger partial charge on any atom is 0.337 e.